The summed E-state index contributed by atoms with van der Waals surface area (Å²) in [5.41, 5.74) is -5.73. The first-order valence-corrected chi connectivity index (χ1v) is 11.9. The van der Waals surface area contributed by atoms with Crippen LogP contribution in [0, 0.1) is 29.9 Å². The fourth-order valence-electron chi connectivity index (χ4n) is 5.28. The first-order valence-electron chi connectivity index (χ1n) is 11.5. The van der Waals surface area contributed by atoms with Gasteiger partial charge in [-0.05, 0) is 31.0 Å². The molecule has 196 valence electrons. The molecule has 0 aliphatic carbocycles. The lowest BCUT2D eigenvalue weighted by Crippen LogP contribution is -2.67. The molecule has 7 rings (SSSR count). The number of nitriles is 1. The second kappa shape index (κ2) is 8.57. The predicted octanol–water partition coefficient (Wildman–Crippen LogP) is 4.36. The van der Waals surface area contributed by atoms with Crippen LogP contribution in [0.1, 0.15) is 17.7 Å². The SMILES string of the molecule is COc1nc(N2CC3CC(C2)N3)c2cc(F)c(-c3c(OC(F)(F)Cl)c(C)cc4[nH]nc(C#N)c34)c(F)c2n1. The molecule has 4 aromatic rings. The molecule has 3 saturated heterocycles. The molecule has 14 heteroatoms. The van der Waals surface area contributed by atoms with Crippen LogP contribution in [-0.2, 0) is 0 Å². The molecule has 3 aliphatic heterocycles. The van der Waals surface area contributed by atoms with Crippen LogP contribution in [0.15, 0.2) is 12.1 Å². The zero-order chi connectivity index (χ0) is 26.9. The van der Waals surface area contributed by atoms with Crippen molar-refractivity contribution in [2.24, 2.45) is 0 Å². The Bertz CT molecular complexity index is 1650. The molecule has 0 spiro atoms. The molecule has 2 aromatic heterocycles. The Morgan fingerprint density at radius 3 is 2.53 bits per heavy atom. The van der Waals surface area contributed by atoms with Crippen molar-refractivity contribution >= 4 is 39.2 Å². The molecule has 5 heterocycles. The number of aromatic nitrogens is 4. The fraction of sp³-hybridized carbons (Fsp3) is 0.333. The zero-order valence-corrected chi connectivity index (χ0v) is 20.6. The molecular weight excluding hydrogens is 530 g/mol. The number of nitrogens with one attached hydrogen (secondary N) is 2. The number of methoxy groups -OCH3 is 1. The lowest BCUT2D eigenvalue weighted by atomic mass is 9.91. The monoisotopic (exact) mass is 547 g/mol. The van der Waals surface area contributed by atoms with Crippen LogP contribution in [0.2, 0.25) is 0 Å². The van der Waals surface area contributed by atoms with Crippen molar-refractivity contribution in [1.29, 1.82) is 5.26 Å². The summed E-state index contributed by atoms with van der Waals surface area (Å²) in [7, 11) is 1.31. The summed E-state index contributed by atoms with van der Waals surface area (Å²) >= 11 is 5.05. The van der Waals surface area contributed by atoms with E-state index < -0.39 is 34.1 Å². The van der Waals surface area contributed by atoms with Crippen LogP contribution in [-0.4, -0.2) is 58.0 Å². The van der Waals surface area contributed by atoms with E-state index in [2.05, 4.69) is 30.2 Å². The summed E-state index contributed by atoms with van der Waals surface area (Å²) in [6.07, 6.45) is 0.993. The highest BCUT2D eigenvalue weighted by molar-refractivity contribution is 6.21. The van der Waals surface area contributed by atoms with Gasteiger partial charge in [-0.3, -0.25) is 5.10 Å². The van der Waals surface area contributed by atoms with Gasteiger partial charge >= 0.3 is 11.6 Å². The van der Waals surface area contributed by atoms with Gasteiger partial charge in [0.2, 0.25) is 0 Å². The number of aryl methyl sites for hydroxylation is 1. The van der Waals surface area contributed by atoms with Gasteiger partial charge in [0.1, 0.15) is 29.0 Å². The predicted molar refractivity (Wildman–Crippen MR) is 130 cm³/mol. The van der Waals surface area contributed by atoms with Gasteiger partial charge < -0.3 is 19.7 Å². The van der Waals surface area contributed by atoms with E-state index in [4.69, 9.17) is 16.3 Å². The van der Waals surface area contributed by atoms with E-state index >= 15 is 8.78 Å². The van der Waals surface area contributed by atoms with Gasteiger partial charge in [0, 0.05) is 53.1 Å². The number of nitrogens with zero attached hydrogens (tertiary/aromatic N) is 5. The van der Waals surface area contributed by atoms with Gasteiger partial charge in [-0.25, -0.2) is 8.78 Å². The summed E-state index contributed by atoms with van der Waals surface area (Å²) in [5.74, 6) is -2.62. The van der Waals surface area contributed by atoms with Gasteiger partial charge in [0.25, 0.3) is 0 Å². The van der Waals surface area contributed by atoms with Crippen molar-refractivity contribution in [1.82, 2.24) is 25.5 Å². The number of alkyl halides is 3. The molecule has 0 amide bonds. The molecule has 3 aliphatic rings. The van der Waals surface area contributed by atoms with Crippen LogP contribution >= 0.6 is 11.6 Å². The van der Waals surface area contributed by atoms with Crippen molar-refractivity contribution in [3.8, 4) is 29.0 Å². The molecule has 0 saturated carbocycles. The van der Waals surface area contributed by atoms with E-state index in [0.717, 1.165) is 12.5 Å². The number of fused-ring (bicyclic) bond motifs is 4. The molecule has 3 fully saturated rings. The Labute approximate surface area is 217 Å². The highest BCUT2D eigenvalue weighted by Crippen LogP contribution is 2.46. The Morgan fingerprint density at radius 1 is 1.18 bits per heavy atom. The Kier molecular flexibility index (Phi) is 5.51. The number of aromatic amines is 1. The third-order valence-corrected chi connectivity index (χ3v) is 6.89. The number of benzene rings is 2. The Balaban J connectivity index is 1.67. The zero-order valence-electron chi connectivity index (χ0n) is 19.9. The van der Waals surface area contributed by atoms with E-state index in [9.17, 15) is 14.0 Å². The van der Waals surface area contributed by atoms with Crippen LogP contribution in [0.4, 0.5) is 23.4 Å². The normalized spacial score (nSPS) is 18.9. The van der Waals surface area contributed by atoms with Gasteiger partial charge in [-0.2, -0.15) is 20.3 Å². The van der Waals surface area contributed by atoms with Crippen molar-refractivity contribution in [3.05, 3.63) is 35.0 Å². The summed E-state index contributed by atoms with van der Waals surface area (Å²) in [6, 6.07) is 4.50. The number of hydrogen-bond donors (Lipinski definition) is 2. The van der Waals surface area contributed by atoms with E-state index in [0.29, 0.717) is 13.1 Å². The topological polar surface area (TPSA) is 112 Å². The molecule has 2 bridgehead atoms. The number of anilines is 1. The number of hydrogen-bond acceptors (Lipinski definition) is 8. The maximum atomic E-state index is 16.4. The Morgan fingerprint density at radius 2 is 1.89 bits per heavy atom. The molecular formula is C24H18ClF4N7O2. The van der Waals surface area contributed by atoms with Crippen molar-refractivity contribution in [3.63, 3.8) is 0 Å². The smallest absolute Gasteiger partial charge is 0.467 e. The number of piperazine rings is 1. The minimum atomic E-state index is -4.21. The molecule has 9 nitrogen and oxygen atoms in total. The first-order chi connectivity index (χ1) is 18.1. The molecule has 2 unspecified atom stereocenters. The largest absolute Gasteiger partial charge is 0.487 e. The van der Waals surface area contributed by atoms with Gasteiger partial charge in [-0.1, -0.05) is 0 Å². The minimum Gasteiger partial charge on any atom is -0.467 e. The van der Waals surface area contributed by atoms with Gasteiger partial charge in [0.05, 0.1) is 18.2 Å². The van der Waals surface area contributed by atoms with E-state index in [-0.39, 0.29) is 57.0 Å². The second-order valence-corrected chi connectivity index (χ2v) is 9.67. The van der Waals surface area contributed by atoms with E-state index in [1.54, 1.807) is 6.07 Å². The third kappa shape index (κ3) is 3.83. The quantitative estimate of drug-likeness (QED) is 0.280. The summed E-state index contributed by atoms with van der Waals surface area (Å²) in [4.78, 5) is 10.4. The standard InChI is InChI=1S/C24H18ClF4N7O2/c1-9-3-14-17(15(6-30)35-34-14)18(21(9)38-24(25,28)29)16-13(26)5-12-20(19(16)27)32-23(37-2)33-22(12)36-7-10-4-11(8-36)31-10/h3,5,10-11,31H,4,7-8H2,1-2H3,(H,34,35). The first kappa shape index (κ1) is 24.4. The second-order valence-electron chi connectivity index (χ2n) is 9.23. The van der Waals surface area contributed by atoms with Crippen LogP contribution in [0.5, 0.6) is 11.8 Å². The molecule has 2 atom stereocenters. The maximum Gasteiger partial charge on any atom is 0.487 e. The minimum absolute atomic E-state index is 0.0702. The summed E-state index contributed by atoms with van der Waals surface area (Å²) in [5, 5.41) is 19.4. The fourth-order valence-corrected chi connectivity index (χ4v) is 5.36. The lowest BCUT2D eigenvalue weighted by molar-refractivity contribution is -0.0964. The number of ether oxygens (including phenoxy) is 2. The van der Waals surface area contributed by atoms with Crippen molar-refractivity contribution in [2.75, 3.05) is 25.1 Å². The average molecular weight is 548 g/mol. The molecule has 38 heavy (non-hydrogen) atoms. The highest BCUT2D eigenvalue weighted by Gasteiger charge is 2.39. The number of H-pyrrole nitrogens is 1. The van der Waals surface area contributed by atoms with Crippen LogP contribution in [0.25, 0.3) is 32.9 Å². The van der Waals surface area contributed by atoms with Crippen molar-refractivity contribution < 1.29 is 27.0 Å². The average Bonchev–Trinajstić information content (AvgIpc) is 3.26. The third-order valence-electron chi connectivity index (χ3n) is 6.81. The van der Waals surface area contributed by atoms with Crippen molar-refractivity contribution in [2.45, 2.75) is 31.0 Å². The summed E-state index contributed by atoms with van der Waals surface area (Å²) < 4.78 is 69.9. The van der Waals surface area contributed by atoms with E-state index in [1.807, 2.05) is 4.90 Å². The molecule has 2 N–H and O–H groups in total. The molecule has 2 aromatic carbocycles. The number of piperidine rings is 1. The lowest BCUT2D eigenvalue weighted by Gasteiger charge is -2.48. The Hall–Kier alpha value is -3.89. The number of halogens is 5. The number of rotatable bonds is 5. The molecule has 0 radical (unpaired) electrons. The van der Waals surface area contributed by atoms with E-state index in [1.165, 1.54) is 20.1 Å². The van der Waals surface area contributed by atoms with Crippen LogP contribution < -0.4 is 19.7 Å². The van der Waals surface area contributed by atoms with Gasteiger partial charge in [-0.15, -0.1) is 8.78 Å². The maximum absolute atomic E-state index is 16.4. The van der Waals surface area contributed by atoms with Gasteiger partial charge in [0.15, 0.2) is 11.5 Å². The summed E-state index contributed by atoms with van der Waals surface area (Å²) in [6.45, 7) is 2.53. The van der Waals surface area contributed by atoms with Crippen LogP contribution in [0.3, 0.4) is 0 Å². The highest BCUT2D eigenvalue weighted by atomic mass is 35.5.